The van der Waals surface area contributed by atoms with Crippen molar-refractivity contribution in [2.75, 3.05) is 11.4 Å². The lowest BCUT2D eigenvalue weighted by atomic mass is 9.93. The summed E-state index contributed by atoms with van der Waals surface area (Å²) >= 11 is 0. The van der Waals surface area contributed by atoms with E-state index in [4.69, 9.17) is 5.11 Å². The first-order chi connectivity index (χ1) is 9.14. The number of carbonyl (C=O) groups excluding carboxylic acids is 1. The van der Waals surface area contributed by atoms with Crippen LogP contribution in [0.3, 0.4) is 0 Å². The second-order valence-corrected chi connectivity index (χ2v) is 6.19. The molecule has 1 N–H and O–H groups in total. The van der Waals surface area contributed by atoms with E-state index in [2.05, 4.69) is 0 Å². The van der Waals surface area contributed by atoms with Crippen molar-refractivity contribution in [1.82, 2.24) is 0 Å². The van der Waals surface area contributed by atoms with Gasteiger partial charge in [-0.15, -0.1) is 0 Å². The molecule has 20 heavy (non-hydrogen) atoms. The molecule has 0 saturated carbocycles. The van der Waals surface area contributed by atoms with E-state index in [0.29, 0.717) is 0 Å². The van der Waals surface area contributed by atoms with E-state index in [1.165, 1.54) is 0 Å². The van der Waals surface area contributed by atoms with E-state index in [0.717, 1.165) is 11.3 Å². The first-order valence-corrected chi connectivity index (χ1v) is 6.75. The quantitative estimate of drug-likeness (QED) is 0.920. The van der Waals surface area contributed by atoms with Crippen molar-refractivity contribution in [3.63, 3.8) is 0 Å². The molecule has 0 saturated heterocycles. The summed E-state index contributed by atoms with van der Waals surface area (Å²) in [5.41, 5.74) is 1.18. The standard InChI is InChI=1S/C16H23NO3/c1-11-8-6-7-9-13(11)17(10-12(2)14(18)19)15(20)16(3,4)5/h6-9,12H,10H2,1-5H3,(H,18,19). The number of hydrogen-bond acceptors (Lipinski definition) is 2. The number of rotatable bonds is 4. The topological polar surface area (TPSA) is 57.6 Å². The van der Waals surface area contributed by atoms with Gasteiger partial charge in [0.2, 0.25) is 5.91 Å². The largest absolute Gasteiger partial charge is 0.481 e. The molecule has 1 unspecified atom stereocenters. The fraction of sp³-hybridized carbons (Fsp3) is 0.500. The van der Waals surface area contributed by atoms with Crippen molar-refractivity contribution in [3.8, 4) is 0 Å². The van der Waals surface area contributed by atoms with E-state index in [9.17, 15) is 9.59 Å². The summed E-state index contributed by atoms with van der Waals surface area (Å²) in [5.74, 6) is -1.58. The summed E-state index contributed by atoms with van der Waals surface area (Å²) in [6, 6.07) is 7.53. The summed E-state index contributed by atoms with van der Waals surface area (Å²) in [6.07, 6.45) is 0. The van der Waals surface area contributed by atoms with E-state index in [1.54, 1.807) is 11.8 Å². The number of benzene rings is 1. The fourth-order valence-corrected chi connectivity index (χ4v) is 1.91. The smallest absolute Gasteiger partial charge is 0.308 e. The van der Waals surface area contributed by atoms with Crippen LogP contribution in [0.1, 0.15) is 33.3 Å². The number of anilines is 1. The average molecular weight is 277 g/mol. The second kappa shape index (κ2) is 6.07. The number of para-hydroxylation sites is 1. The molecule has 0 radical (unpaired) electrons. The minimum absolute atomic E-state index is 0.0695. The molecule has 0 fully saturated rings. The third kappa shape index (κ3) is 3.83. The van der Waals surface area contributed by atoms with Crippen LogP contribution in [0, 0.1) is 18.3 Å². The molecule has 0 aliphatic carbocycles. The van der Waals surface area contributed by atoms with E-state index >= 15 is 0 Å². The van der Waals surface area contributed by atoms with Gasteiger partial charge in [-0.05, 0) is 18.6 Å². The predicted octanol–water partition coefficient (Wildman–Crippen LogP) is 3.09. The Kier molecular flexibility index (Phi) is 4.93. The van der Waals surface area contributed by atoms with Gasteiger partial charge in [-0.3, -0.25) is 9.59 Å². The minimum atomic E-state index is -0.898. The molecule has 1 rings (SSSR count). The van der Waals surface area contributed by atoms with Gasteiger partial charge in [-0.2, -0.15) is 0 Å². The number of amides is 1. The van der Waals surface area contributed by atoms with Gasteiger partial charge in [0.1, 0.15) is 0 Å². The highest BCUT2D eigenvalue weighted by molar-refractivity contribution is 5.98. The molecular formula is C16H23NO3. The Balaban J connectivity index is 3.18. The van der Waals surface area contributed by atoms with Crippen molar-refractivity contribution < 1.29 is 14.7 Å². The number of hydrogen-bond donors (Lipinski definition) is 1. The van der Waals surface area contributed by atoms with Crippen LogP contribution in [0.5, 0.6) is 0 Å². The molecule has 0 aromatic heterocycles. The summed E-state index contributed by atoms with van der Waals surface area (Å²) in [4.78, 5) is 25.3. The first-order valence-electron chi connectivity index (χ1n) is 6.75. The van der Waals surface area contributed by atoms with Gasteiger partial charge in [-0.25, -0.2) is 0 Å². The number of carboxylic acid groups (broad SMARTS) is 1. The molecule has 0 spiro atoms. The number of carboxylic acids is 1. The maximum absolute atomic E-state index is 12.6. The van der Waals surface area contributed by atoms with Crippen molar-refractivity contribution in [1.29, 1.82) is 0 Å². The molecule has 0 heterocycles. The molecule has 4 nitrogen and oxygen atoms in total. The predicted molar refractivity (Wildman–Crippen MR) is 79.8 cm³/mol. The molecular weight excluding hydrogens is 254 g/mol. The lowest BCUT2D eigenvalue weighted by Gasteiger charge is -2.31. The fourth-order valence-electron chi connectivity index (χ4n) is 1.91. The SMILES string of the molecule is Cc1ccccc1N(CC(C)C(=O)O)C(=O)C(C)(C)C. The Morgan fingerprint density at radius 2 is 1.80 bits per heavy atom. The van der Waals surface area contributed by atoms with Gasteiger partial charge < -0.3 is 10.0 Å². The maximum Gasteiger partial charge on any atom is 0.308 e. The lowest BCUT2D eigenvalue weighted by molar-refractivity contribution is -0.140. The summed E-state index contributed by atoms with van der Waals surface area (Å²) in [5, 5.41) is 9.09. The van der Waals surface area contributed by atoms with Crippen LogP contribution >= 0.6 is 0 Å². The molecule has 1 aromatic rings. The zero-order valence-electron chi connectivity index (χ0n) is 12.8. The van der Waals surface area contributed by atoms with Crippen LogP contribution < -0.4 is 4.90 Å². The number of aryl methyl sites for hydroxylation is 1. The van der Waals surface area contributed by atoms with Crippen molar-refractivity contribution in [2.45, 2.75) is 34.6 Å². The van der Waals surface area contributed by atoms with Gasteiger partial charge >= 0.3 is 5.97 Å². The molecule has 1 amide bonds. The second-order valence-electron chi connectivity index (χ2n) is 6.19. The Bertz CT molecular complexity index is 503. The zero-order valence-corrected chi connectivity index (χ0v) is 12.8. The Labute approximate surface area is 120 Å². The summed E-state index contributed by atoms with van der Waals surface area (Å²) in [7, 11) is 0. The molecule has 0 aliphatic heterocycles. The lowest BCUT2D eigenvalue weighted by Crippen LogP contribution is -2.43. The van der Waals surface area contributed by atoms with E-state index in [-0.39, 0.29) is 12.5 Å². The maximum atomic E-state index is 12.6. The van der Waals surface area contributed by atoms with Gasteiger partial charge in [0.15, 0.2) is 0 Å². The van der Waals surface area contributed by atoms with Crippen LogP contribution in [-0.4, -0.2) is 23.5 Å². The summed E-state index contributed by atoms with van der Waals surface area (Å²) in [6.45, 7) is 9.23. The molecule has 4 heteroatoms. The summed E-state index contributed by atoms with van der Waals surface area (Å²) < 4.78 is 0. The Morgan fingerprint density at radius 3 is 2.25 bits per heavy atom. The highest BCUT2D eigenvalue weighted by atomic mass is 16.4. The van der Waals surface area contributed by atoms with E-state index in [1.807, 2.05) is 52.0 Å². The van der Waals surface area contributed by atoms with Gasteiger partial charge in [0, 0.05) is 17.6 Å². The molecule has 1 aromatic carbocycles. The van der Waals surface area contributed by atoms with Crippen LogP contribution in [0.4, 0.5) is 5.69 Å². The van der Waals surface area contributed by atoms with Gasteiger partial charge in [0.25, 0.3) is 0 Å². The van der Waals surface area contributed by atoms with E-state index < -0.39 is 17.3 Å². The van der Waals surface area contributed by atoms with Crippen LogP contribution in [0.15, 0.2) is 24.3 Å². The zero-order chi connectivity index (χ0) is 15.5. The minimum Gasteiger partial charge on any atom is -0.481 e. The molecule has 0 aliphatic rings. The van der Waals surface area contributed by atoms with Gasteiger partial charge in [-0.1, -0.05) is 45.9 Å². The number of aliphatic carboxylic acids is 1. The monoisotopic (exact) mass is 277 g/mol. The van der Waals surface area contributed by atoms with Crippen molar-refractivity contribution in [2.24, 2.45) is 11.3 Å². The number of carbonyl (C=O) groups is 2. The van der Waals surface area contributed by atoms with Crippen LogP contribution in [0.2, 0.25) is 0 Å². The van der Waals surface area contributed by atoms with Crippen molar-refractivity contribution >= 4 is 17.6 Å². The van der Waals surface area contributed by atoms with Crippen molar-refractivity contribution in [3.05, 3.63) is 29.8 Å². The number of nitrogens with zero attached hydrogens (tertiary/aromatic N) is 1. The first kappa shape index (κ1) is 16.2. The third-order valence-electron chi connectivity index (χ3n) is 3.17. The average Bonchev–Trinajstić information content (AvgIpc) is 2.34. The Morgan fingerprint density at radius 1 is 1.25 bits per heavy atom. The highest BCUT2D eigenvalue weighted by Gasteiger charge is 2.31. The third-order valence-corrected chi connectivity index (χ3v) is 3.17. The highest BCUT2D eigenvalue weighted by Crippen LogP contribution is 2.26. The normalized spacial score (nSPS) is 12.8. The molecule has 0 bridgehead atoms. The van der Waals surface area contributed by atoms with Crippen LogP contribution in [-0.2, 0) is 9.59 Å². The van der Waals surface area contributed by atoms with Crippen LogP contribution in [0.25, 0.3) is 0 Å². The molecule has 1 atom stereocenters. The van der Waals surface area contributed by atoms with Gasteiger partial charge in [0.05, 0.1) is 5.92 Å². The Hall–Kier alpha value is -1.84. The molecule has 110 valence electrons.